The fourth-order valence-electron chi connectivity index (χ4n) is 1.44. The van der Waals surface area contributed by atoms with Crippen LogP contribution in [0.3, 0.4) is 0 Å². The lowest BCUT2D eigenvalue weighted by Crippen LogP contribution is -2.19. The molecule has 0 saturated carbocycles. The molecule has 1 aromatic carbocycles. The Kier molecular flexibility index (Phi) is 6.67. The van der Waals surface area contributed by atoms with Gasteiger partial charge in [0.05, 0.1) is 11.5 Å². The lowest BCUT2D eigenvalue weighted by Gasteiger charge is -2.07. The molecule has 6 heteroatoms. The van der Waals surface area contributed by atoms with Crippen molar-refractivity contribution in [3.05, 3.63) is 28.7 Å². The first-order chi connectivity index (χ1) is 8.53. The fraction of sp³-hybridized carbons (Fsp3) is 0.500. The fourth-order valence-corrected chi connectivity index (χ4v) is 2.88. The zero-order chi connectivity index (χ0) is 13.4. The van der Waals surface area contributed by atoms with E-state index in [0.29, 0.717) is 19.6 Å². The Labute approximate surface area is 117 Å². The lowest BCUT2D eigenvalue weighted by molar-refractivity contribution is 0.199. The molecule has 0 aliphatic carbocycles. The van der Waals surface area contributed by atoms with Gasteiger partial charge in [-0.2, -0.15) is 0 Å². The molecule has 0 spiro atoms. The largest absolute Gasteiger partial charge is 0.385 e. The van der Waals surface area contributed by atoms with Crippen molar-refractivity contribution in [2.45, 2.75) is 6.42 Å². The van der Waals surface area contributed by atoms with Gasteiger partial charge in [-0.05, 0) is 30.7 Å². The van der Waals surface area contributed by atoms with Crippen LogP contribution < -0.4 is 5.32 Å². The number of ether oxygens (including phenoxy) is 1. The molecule has 1 N–H and O–H groups in total. The molecule has 0 fully saturated rings. The van der Waals surface area contributed by atoms with Crippen LogP contribution in [0.1, 0.15) is 6.42 Å². The standard InChI is InChI=1S/C12H18BrNO3S/c1-17-8-2-9-18(15,16)10-7-14-12-5-3-11(13)4-6-12/h3-6,14H,2,7-10H2,1H3. The molecule has 0 amide bonds. The van der Waals surface area contributed by atoms with Gasteiger partial charge in [-0.25, -0.2) is 8.42 Å². The summed E-state index contributed by atoms with van der Waals surface area (Å²) in [6.07, 6.45) is 0.553. The van der Waals surface area contributed by atoms with E-state index in [-0.39, 0.29) is 11.5 Å². The molecular formula is C12H18BrNO3S. The van der Waals surface area contributed by atoms with Gasteiger partial charge in [-0.3, -0.25) is 0 Å². The predicted octanol–water partition coefficient (Wildman–Crippen LogP) is 2.31. The van der Waals surface area contributed by atoms with Crippen molar-refractivity contribution >= 4 is 31.5 Å². The minimum atomic E-state index is -2.98. The minimum Gasteiger partial charge on any atom is -0.385 e. The number of rotatable bonds is 8. The summed E-state index contributed by atoms with van der Waals surface area (Å²) in [6.45, 7) is 0.913. The van der Waals surface area contributed by atoms with Crippen molar-refractivity contribution in [3.63, 3.8) is 0 Å². The molecule has 102 valence electrons. The zero-order valence-corrected chi connectivity index (χ0v) is 12.8. The molecule has 4 nitrogen and oxygen atoms in total. The van der Waals surface area contributed by atoms with Crippen LogP contribution in [0.4, 0.5) is 5.69 Å². The number of hydrogen-bond acceptors (Lipinski definition) is 4. The van der Waals surface area contributed by atoms with Crippen LogP contribution in [0, 0.1) is 0 Å². The molecule has 0 atom stereocenters. The highest BCUT2D eigenvalue weighted by molar-refractivity contribution is 9.10. The Morgan fingerprint density at radius 1 is 1.22 bits per heavy atom. The highest BCUT2D eigenvalue weighted by Crippen LogP contribution is 2.13. The molecule has 0 aliphatic rings. The summed E-state index contributed by atoms with van der Waals surface area (Å²) >= 11 is 3.35. The number of anilines is 1. The Balaban J connectivity index is 2.30. The first-order valence-electron chi connectivity index (χ1n) is 5.72. The first kappa shape index (κ1) is 15.5. The number of benzene rings is 1. The quantitative estimate of drug-likeness (QED) is 0.740. The molecule has 1 rings (SSSR count). The Hall–Kier alpha value is -0.590. The zero-order valence-electron chi connectivity index (χ0n) is 10.4. The smallest absolute Gasteiger partial charge is 0.152 e. The second-order valence-corrected chi connectivity index (χ2v) is 7.15. The van der Waals surface area contributed by atoms with E-state index >= 15 is 0 Å². The van der Waals surface area contributed by atoms with Crippen molar-refractivity contribution in [1.29, 1.82) is 0 Å². The number of hydrogen-bond donors (Lipinski definition) is 1. The van der Waals surface area contributed by atoms with Crippen molar-refractivity contribution in [1.82, 2.24) is 0 Å². The Morgan fingerprint density at radius 3 is 2.50 bits per heavy atom. The average Bonchev–Trinajstić information content (AvgIpc) is 2.32. The summed E-state index contributed by atoms with van der Waals surface area (Å²) in [5.41, 5.74) is 0.922. The maximum absolute atomic E-state index is 11.6. The van der Waals surface area contributed by atoms with E-state index in [1.807, 2.05) is 24.3 Å². The van der Waals surface area contributed by atoms with Crippen LogP contribution in [0.2, 0.25) is 0 Å². The predicted molar refractivity (Wildman–Crippen MR) is 77.8 cm³/mol. The van der Waals surface area contributed by atoms with Crippen LogP contribution in [0.25, 0.3) is 0 Å². The van der Waals surface area contributed by atoms with E-state index in [9.17, 15) is 8.42 Å². The van der Waals surface area contributed by atoms with E-state index < -0.39 is 9.84 Å². The maximum Gasteiger partial charge on any atom is 0.152 e. The van der Waals surface area contributed by atoms with Crippen LogP contribution in [0.15, 0.2) is 28.7 Å². The minimum absolute atomic E-state index is 0.146. The summed E-state index contributed by atoms with van der Waals surface area (Å²) in [5.74, 6) is 0.329. The third-order valence-electron chi connectivity index (χ3n) is 2.39. The van der Waals surface area contributed by atoms with E-state index in [1.54, 1.807) is 7.11 Å². The normalized spacial score (nSPS) is 11.4. The van der Waals surface area contributed by atoms with Gasteiger partial charge in [-0.1, -0.05) is 15.9 Å². The molecule has 0 aromatic heterocycles. The molecule has 0 unspecified atom stereocenters. The molecule has 0 saturated heterocycles. The summed E-state index contributed by atoms with van der Waals surface area (Å²) < 4.78 is 29.1. The van der Waals surface area contributed by atoms with Crippen LogP contribution in [0.5, 0.6) is 0 Å². The first-order valence-corrected chi connectivity index (χ1v) is 8.34. The number of nitrogens with one attached hydrogen (secondary N) is 1. The molecule has 0 heterocycles. The van der Waals surface area contributed by atoms with Gasteiger partial charge >= 0.3 is 0 Å². The van der Waals surface area contributed by atoms with Crippen molar-refractivity contribution in [2.24, 2.45) is 0 Å². The van der Waals surface area contributed by atoms with E-state index in [2.05, 4.69) is 21.2 Å². The van der Waals surface area contributed by atoms with Crippen LogP contribution in [-0.2, 0) is 14.6 Å². The van der Waals surface area contributed by atoms with Crippen molar-refractivity contribution in [3.8, 4) is 0 Å². The summed E-state index contributed by atoms with van der Waals surface area (Å²) in [7, 11) is -1.41. The third kappa shape index (κ3) is 6.37. The molecule has 0 bridgehead atoms. The van der Waals surface area contributed by atoms with Crippen LogP contribution >= 0.6 is 15.9 Å². The number of sulfone groups is 1. The van der Waals surface area contributed by atoms with Crippen molar-refractivity contribution < 1.29 is 13.2 Å². The van der Waals surface area contributed by atoms with Gasteiger partial charge in [0.2, 0.25) is 0 Å². The number of halogens is 1. The van der Waals surface area contributed by atoms with E-state index in [1.165, 1.54) is 0 Å². The molecular weight excluding hydrogens is 318 g/mol. The summed E-state index contributed by atoms with van der Waals surface area (Å²) in [4.78, 5) is 0. The van der Waals surface area contributed by atoms with Gasteiger partial charge in [0.25, 0.3) is 0 Å². The topological polar surface area (TPSA) is 55.4 Å². The second-order valence-electron chi connectivity index (χ2n) is 3.93. The molecule has 18 heavy (non-hydrogen) atoms. The molecule has 0 aliphatic heterocycles. The van der Waals surface area contributed by atoms with Gasteiger partial charge in [-0.15, -0.1) is 0 Å². The summed E-state index contributed by atoms with van der Waals surface area (Å²) in [5, 5.41) is 3.09. The van der Waals surface area contributed by atoms with Gasteiger partial charge in [0.1, 0.15) is 0 Å². The monoisotopic (exact) mass is 335 g/mol. The highest BCUT2D eigenvalue weighted by atomic mass is 79.9. The molecule has 0 radical (unpaired) electrons. The van der Waals surface area contributed by atoms with Gasteiger partial charge in [0, 0.05) is 30.4 Å². The van der Waals surface area contributed by atoms with E-state index in [4.69, 9.17) is 4.74 Å². The second kappa shape index (κ2) is 7.76. The van der Waals surface area contributed by atoms with Gasteiger partial charge in [0.15, 0.2) is 9.84 Å². The average molecular weight is 336 g/mol. The van der Waals surface area contributed by atoms with Crippen LogP contribution in [-0.4, -0.2) is 40.2 Å². The highest BCUT2D eigenvalue weighted by Gasteiger charge is 2.09. The van der Waals surface area contributed by atoms with E-state index in [0.717, 1.165) is 10.2 Å². The Bertz CT molecular complexity index is 445. The summed E-state index contributed by atoms with van der Waals surface area (Å²) in [6, 6.07) is 7.63. The maximum atomic E-state index is 11.6. The Morgan fingerprint density at radius 2 is 1.89 bits per heavy atom. The van der Waals surface area contributed by atoms with Crippen molar-refractivity contribution in [2.75, 3.05) is 37.1 Å². The number of methoxy groups -OCH3 is 1. The SMILES string of the molecule is COCCCS(=O)(=O)CCNc1ccc(Br)cc1. The third-order valence-corrected chi connectivity index (χ3v) is 4.66. The van der Waals surface area contributed by atoms with Gasteiger partial charge < -0.3 is 10.1 Å². The molecule has 1 aromatic rings. The lowest BCUT2D eigenvalue weighted by atomic mass is 10.3.